The molecular formula is C28H32FNO2. The summed E-state index contributed by atoms with van der Waals surface area (Å²) in [5.74, 6) is -0.227. The summed E-state index contributed by atoms with van der Waals surface area (Å²) < 4.78 is 20.0. The predicted octanol–water partition coefficient (Wildman–Crippen LogP) is 5.32. The zero-order chi connectivity index (χ0) is 22.3. The van der Waals surface area contributed by atoms with Gasteiger partial charge in [0.05, 0.1) is 18.8 Å². The first-order valence-electron chi connectivity index (χ1n) is 11.5. The van der Waals surface area contributed by atoms with E-state index in [-0.39, 0.29) is 17.8 Å². The van der Waals surface area contributed by atoms with Gasteiger partial charge in [0.15, 0.2) is 0 Å². The van der Waals surface area contributed by atoms with Gasteiger partial charge < -0.3 is 9.84 Å². The molecule has 3 aromatic rings. The number of benzene rings is 3. The van der Waals surface area contributed by atoms with Crippen molar-refractivity contribution >= 4 is 0 Å². The minimum absolute atomic E-state index is 0.0450. The lowest BCUT2D eigenvalue weighted by atomic mass is 9.89. The second kappa shape index (κ2) is 10.9. The van der Waals surface area contributed by atoms with Crippen LogP contribution in [0.5, 0.6) is 0 Å². The highest BCUT2D eigenvalue weighted by atomic mass is 19.1. The molecule has 0 amide bonds. The van der Waals surface area contributed by atoms with Gasteiger partial charge in [-0.3, -0.25) is 4.90 Å². The molecule has 32 heavy (non-hydrogen) atoms. The molecule has 0 aliphatic carbocycles. The fraction of sp³-hybridized carbons (Fsp3) is 0.357. The van der Waals surface area contributed by atoms with Crippen LogP contribution >= 0.6 is 0 Å². The fourth-order valence-corrected chi connectivity index (χ4v) is 4.54. The highest BCUT2D eigenvalue weighted by Gasteiger charge is 2.26. The first kappa shape index (κ1) is 22.7. The Labute approximate surface area is 190 Å². The van der Waals surface area contributed by atoms with Crippen molar-refractivity contribution in [3.8, 4) is 11.1 Å². The SMILES string of the molecule is CC(CC1CN(Cc2ccccc2)CCO1)C(O)Cc1cc(F)ccc1-c1ccccc1. The van der Waals surface area contributed by atoms with Crippen LogP contribution in [-0.4, -0.2) is 41.9 Å². The smallest absolute Gasteiger partial charge is 0.123 e. The molecule has 0 spiro atoms. The van der Waals surface area contributed by atoms with Crippen molar-refractivity contribution in [1.29, 1.82) is 0 Å². The topological polar surface area (TPSA) is 32.7 Å². The van der Waals surface area contributed by atoms with Crippen LogP contribution in [-0.2, 0) is 17.7 Å². The summed E-state index contributed by atoms with van der Waals surface area (Å²) in [4.78, 5) is 2.42. The largest absolute Gasteiger partial charge is 0.393 e. The van der Waals surface area contributed by atoms with Crippen molar-refractivity contribution in [3.05, 3.63) is 95.8 Å². The molecule has 0 aromatic heterocycles. The van der Waals surface area contributed by atoms with E-state index < -0.39 is 6.10 Å². The summed E-state index contributed by atoms with van der Waals surface area (Å²) in [6, 6.07) is 25.3. The molecule has 1 aliphatic rings. The van der Waals surface area contributed by atoms with Gasteiger partial charge in [-0.25, -0.2) is 4.39 Å². The lowest BCUT2D eigenvalue weighted by molar-refractivity contribution is -0.0499. The number of halogens is 1. The van der Waals surface area contributed by atoms with Crippen molar-refractivity contribution in [1.82, 2.24) is 4.90 Å². The average Bonchev–Trinajstić information content (AvgIpc) is 2.80. The molecule has 4 heteroatoms. The summed E-state index contributed by atoms with van der Waals surface area (Å²) in [5, 5.41) is 11.0. The van der Waals surface area contributed by atoms with Crippen molar-refractivity contribution in [3.63, 3.8) is 0 Å². The van der Waals surface area contributed by atoms with Crippen LogP contribution in [0.2, 0.25) is 0 Å². The van der Waals surface area contributed by atoms with Crippen molar-refractivity contribution in [2.75, 3.05) is 19.7 Å². The molecule has 1 aliphatic heterocycles. The molecule has 3 nitrogen and oxygen atoms in total. The van der Waals surface area contributed by atoms with Gasteiger partial charge in [-0.2, -0.15) is 0 Å². The first-order chi connectivity index (χ1) is 15.6. The van der Waals surface area contributed by atoms with Crippen molar-refractivity contribution < 1.29 is 14.2 Å². The van der Waals surface area contributed by atoms with Gasteiger partial charge in [-0.05, 0) is 53.1 Å². The van der Waals surface area contributed by atoms with E-state index in [9.17, 15) is 9.50 Å². The molecule has 4 rings (SSSR count). The van der Waals surface area contributed by atoms with E-state index in [2.05, 4.69) is 36.1 Å². The number of aliphatic hydroxyl groups is 1. The molecule has 3 unspecified atom stereocenters. The van der Waals surface area contributed by atoms with Crippen LogP contribution in [0.1, 0.15) is 24.5 Å². The Balaban J connectivity index is 1.37. The predicted molar refractivity (Wildman–Crippen MR) is 127 cm³/mol. The molecule has 3 atom stereocenters. The zero-order valence-electron chi connectivity index (χ0n) is 18.7. The van der Waals surface area contributed by atoms with Gasteiger partial charge in [0, 0.05) is 19.6 Å². The molecule has 0 saturated carbocycles. The van der Waals surface area contributed by atoms with E-state index in [0.717, 1.165) is 42.7 Å². The quantitative estimate of drug-likeness (QED) is 0.522. The molecule has 0 radical (unpaired) electrons. The van der Waals surface area contributed by atoms with Crippen molar-refractivity contribution in [2.24, 2.45) is 5.92 Å². The van der Waals surface area contributed by atoms with Gasteiger partial charge >= 0.3 is 0 Å². The molecule has 0 bridgehead atoms. The van der Waals surface area contributed by atoms with Crippen LogP contribution in [0.4, 0.5) is 4.39 Å². The van der Waals surface area contributed by atoms with Gasteiger partial charge in [0.2, 0.25) is 0 Å². The van der Waals surface area contributed by atoms with Crippen LogP contribution in [0.25, 0.3) is 11.1 Å². The number of nitrogens with zero attached hydrogens (tertiary/aromatic N) is 1. The minimum Gasteiger partial charge on any atom is -0.393 e. The molecule has 1 fully saturated rings. The Morgan fingerprint density at radius 2 is 1.75 bits per heavy atom. The molecule has 3 aromatic carbocycles. The highest BCUT2D eigenvalue weighted by molar-refractivity contribution is 5.67. The van der Waals surface area contributed by atoms with E-state index >= 15 is 0 Å². The van der Waals surface area contributed by atoms with Crippen molar-refractivity contribution in [2.45, 2.75) is 38.5 Å². The molecule has 1 N–H and O–H groups in total. The van der Waals surface area contributed by atoms with E-state index in [1.165, 1.54) is 11.6 Å². The van der Waals surface area contributed by atoms with Gasteiger partial charge in [-0.1, -0.05) is 73.7 Å². The van der Waals surface area contributed by atoms with Gasteiger partial charge in [0.1, 0.15) is 5.82 Å². The Morgan fingerprint density at radius 3 is 2.50 bits per heavy atom. The summed E-state index contributed by atoms with van der Waals surface area (Å²) in [6.45, 7) is 5.47. The maximum atomic E-state index is 14.0. The zero-order valence-corrected chi connectivity index (χ0v) is 18.7. The molecule has 1 saturated heterocycles. The second-order valence-electron chi connectivity index (χ2n) is 8.87. The van der Waals surface area contributed by atoms with E-state index in [0.29, 0.717) is 13.0 Å². The third-order valence-electron chi connectivity index (χ3n) is 6.34. The molecule has 168 valence electrons. The highest BCUT2D eigenvalue weighted by Crippen LogP contribution is 2.28. The number of morpholine rings is 1. The van der Waals surface area contributed by atoms with Crippen LogP contribution in [0, 0.1) is 11.7 Å². The standard InChI is InChI=1S/C28H32FNO2/c1-21(16-26-20-30(14-15-32-26)19-22-8-4-2-5-9-22)28(31)18-24-17-25(29)12-13-27(24)23-10-6-3-7-11-23/h2-13,17,21,26,28,31H,14-16,18-20H2,1H3. The van der Waals surface area contributed by atoms with E-state index in [1.807, 2.05) is 42.5 Å². The van der Waals surface area contributed by atoms with E-state index in [4.69, 9.17) is 4.74 Å². The number of aliphatic hydroxyl groups excluding tert-OH is 1. The van der Waals surface area contributed by atoms with Crippen LogP contribution < -0.4 is 0 Å². The Kier molecular flexibility index (Phi) is 7.69. The minimum atomic E-state index is -0.563. The Bertz CT molecular complexity index is 979. The maximum absolute atomic E-state index is 14.0. The Hall–Kier alpha value is -2.53. The van der Waals surface area contributed by atoms with Gasteiger partial charge in [0.25, 0.3) is 0 Å². The summed E-state index contributed by atoms with van der Waals surface area (Å²) >= 11 is 0. The van der Waals surface area contributed by atoms with Gasteiger partial charge in [-0.15, -0.1) is 0 Å². The molecule has 1 heterocycles. The summed E-state index contributed by atoms with van der Waals surface area (Å²) in [6.07, 6.45) is 0.733. The third kappa shape index (κ3) is 6.04. The number of ether oxygens (including phenoxy) is 1. The second-order valence-corrected chi connectivity index (χ2v) is 8.87. The first-order valence-corrected chi connectivity index (χ1v) is 11.5. The number of hydrogen-bond donors (Lipinski definition) is 1. The van der Waals surface area contributed by atoms with E-state index in [1.54, 1.807) is 6.07 Å². The van der Waals surface area contributed by atoms with Crippen LogP contribution in [0.3, 0.4) is 0 Å². The molecular weight excluding hydrogens is 401 g/mol. The van der Waals surface area contributed by atoms with Crippen LogP contribution in [0.15, 0.2) is 78.9 Å². The fourth-order valence-electron chi connectivity index (χ4n) is 4.54. The lowest BCUT2D eigenvalue weighted by Gasteiger charge is -2.35. The normalized spacial score (nSPS) is 18.9. The Morgan fingerprint density at radius 1 is 1.03 bits per heavy atom. The third-order valence-corrected chi connectivity index (χ3v) is 6.34. The maximum Gasteiger partial charge on any atom is 0.123 e. The lowest BCUT2D eigenvalue weighted by Crippen LogP contribution is -2.43. The average molecular weight is 434 g/mol. The number of hydrogen-bond acceptors (Lipinski definition) is 3. The summed E-state index contributed by atoms with van der Waals surface area (Å²) in [7, 11) is 0. The monoisotopic (exact) mass is 433 g/mol. The summed E-state index contributed by atoms with van der Waals surface area (Å²) in [5.41, 5.74) is 4.15. The number of rotatable bonds is 8.